The van der Waals surface area contributed by atoms with Crippen LogP contribution in [0.3, 0.4) is 0 Å². The fraction of sp³-hybridized carbons (Fsp3) is 0.417. The molecule has 0 heterocycles. The van der Waals surface area contributed by atoms with Gasteiger partial charge in [0.05, 0.1) is 6.07 Å². The SMILES string of the molecule is CCC(C#N)(CC)Sc1ccccc1Br. The van der Waals surface area contributed by atoms with Crippen molar-refractivity contribution in [2.75, 3.05) is 0 Å². The number of thioether (sulfide) groups is 1. The monoisotopic (exact) mass is 283 g/mol. The summed E-state index contributed by atoms with van der Waals surface area (Å²) >= 11 is 5.16. The predicted molar refractivity (Wildman–Crippen MR) is 68.9 cm³/mol. The third kappa shape index (κ3) is 2.99. The Bertz CT molecular complexity index is 366. The van der Waals surface area contributed by atoms with Gasteiger partial charge in [0.1, 0.15) is 4.75 Å². The van der Waals surface area contributed by atoms with E-state index in [2.05, 4.69) is 35.8 Å². The Morgan fingerprint density at radius 2 is 1.93 bits per heavy atom. The molecule has 1 aromatic rings. The van der Waals surface area contributed by atoms with Gasteiger partial charge in [0.15, 0.2) is 0 Å². The van der Waals surface area contributed by atoms with Crippen LogP contribution in [0.4, 0.5) is 0 Å². The minimum Gasteiger partial charge on any atom is -0.197 e. The third-order valence-corrected chi connectivity index (χ3v) is 5.08. The predicted octanol–water partition coefficient (Wildman–Crippen LogP) is 4.62. The van der Waals surface area contributed by atoms with Crippen molar-refractivity contribution in [3.63, 3.8) is 0 Å². The van der Waals surface area contributed by atoms with Crippen LogP contribution < -0.4 is 0 Å². The van der Waals surface area contributed by atoms with Crippen LogP contribution in [0.5, 0.6) is 0 Å². The Balaban J connectivity index is 2.94. The van der Waals surface area contributed by atoms with E-state index in [-0.39, 0.29) is 4.75 Å². The van der Waals surface area contributed by atoms with Gasteiger partial charge < -0.3 is 0 Å². The molecule has 1 aromatic carbocycles. The van der Waals surface area contributed by atoms with Gasteiger partial charge in [-0.1, -0.05) is 26.0 Å². The molecule has 0 bridgehead atoms. The molecule has 0 saturated heterocycles. The molecule has 0 amide bonds. The van der Waals surface area contributed by atoms with Crippen molar-refractivity contribution in [1.82, 2.24) is 0 Å². The van der Waals surface area contributed by atoms with E-state index in [9.17, 15) is 5.26 Å². The van der Waals surface area contributed by atoms with Gasteiger partial charge in [-0.15, -0.1) is 11.8 Å². The van der Waals surface area contributed by atoms with Crippen molar-refractivity contribution in [2.24, 2.45) is 0 Å². The summed E-state index contributed by atoms with van der Waals surface area (Å²) in [6, 6.07) is 10.5. The maximum atomic E-state index is 9.24. The molecule has 0 spiro atoms. The molecule has 0 aliphatic rings. The molecule has 15 heavy (non-hydrogen) atoms. The van der Waals surface area contributed by atoms with Crippen LogP contribution in [0.25, 0.3) is 0 Å². The second-order valence-corrected chi connectivity index (χ2v) is 5.63. The summed E-state index contributed by atoms with van der Waals surface area (Å²) in [5.41, 5.74) is 0. The first-order valence-electron chi connectivity index (χ1n) is 5.02. The number of hydrogen-bond acceptors (Lipinski definition) is 2. The zero-order chi connectivity index (χ0) is 11.3. The summed E-state index contributed by atoms with van der Waals surface area (Å²) in [5.74, 6) is 0. The highest BCUT2D eigenvalue weighted by Crippen LogP contribution is 2.40. The normalized spacial score (nSPS) is 11.1. The smallest absolute Gasteiger partial charge is 0.107 e. The second kappa shape index (κ2) is 5.58. The maximum absolute atomic E-state index is 9.24. The topological polar surface area (TPSA) is 23.8 Å². The van der Waals surface area contributed by atoms with E-state index in [1.807, 2.05) is 24.3 Å². The van der Waals surface area contributed by atoms with Crippen molar-refractivity contribution in [2.45, 2.75) is 36.3 Å². The standard InChI is InChI=1S/C12H14BrNS/c1-3-12(4-2,9-14)15-11-8-6-5-7-10(11)13/h5-8H,3-4H2,1-2H3. The Hall–Kier alpha value is -0.460. The number of halogens is 1. The summed E-state index contributed by atoms with van der Waals surface area (Å²) in [6.07, 6.45) is 1.73. The number of rotatable bonds is 4. The molecule has 0 aromatic heterocycles. The Kier molecular flexibility index (Phi) is 4.69. The lowest BCUT2D eigenvalue weighted by Gasteiger charge is -2.22. The lowest BCUT2D eigenvalue weighted by atomic mass is 10.1. The average molecular weight is 284 g/mol. The van der Waals surface area contributed by atoms with Crippen LogP contribution in [0.15, 0.2) is 33.6 Å². The first-order valence-corrected chi connectivity index (χ1v) is 6.63. The van der Waals surface area contributed by atoms with Gasteiger partial charge in [-0.2, -0.15) is 5.26 Å². The van der Waals surface area contributed by atoms with Crippen molar-refractivity contribution in [1.29, 1.82) is 5.26 Å². The molecule has 0 fully saturated rings. The fourth-order valence-corrected chi connectivity index (χ4v) is 2.91. The van der Waals surface area contributed by atoms with Crippen LogP contribution >= 0.6 is 27.7 Å². The molecular formula is C12H14BrNS. The number of nitriles is 1. The van der Waals surface area contributed by atoms with E-state index in [1.165, 1.54) is 0 Å². The summed E-state index contributed by atoms with van der Waals surface area (Å²) < 4.78 is 0.778. The number of benzene rings is 1. The molecule has 0 radical (unpaired) electrons. The minimum atomic E-state index is -0.288. The summed E-state index contributed by atoms with van der Waals surface area (Å²) in [7, 11) is 0. The second-order valence-electron chi connectivity index (χ2n) is 3.35. The van der Waals surface area contributed by atoms with Gasteiger partial charge in [0.2, 0.25) is 0 Å². The van der Waals surface area contributed by atoms with Gasteiger partial charge in [-0.25, -0.2) is 0 Å². The highest BCUT2D eigenvalue weighted by molar-refractivity contribution is 9.10. The first kappa shape index (κ1) is 12.6. The Morgan fingerprint density at radius 3 is 2.40 bits per heavy atom. The van der Waals surface area contributed by atoms with Crippen molar-refractivity contribution >= 4 is 27.7 Å². The zero-order valence-electron chi connectivity index (χ0n) is 8.96. The molecule has 1 rings (SSSR count). The van der Waals surface area contributed by atoms with E-state index in [1.54, 1.807) is 11.8 Å². The van der Waals surface area contributed by atoms with Crippen LogP contribution in [0, 0.1) is 11.3 Å². The quantitative estimate of drug-likeness (QED) is 0.753. The van der Waals surface area contributed by atoms with Gasteiger partial charge in [-0.05, 0) is 40.9 Å². The molecule has 3 heteroatoms. The van der Waals surface area contributed by atoms with Gasteiger partial charge in [-0.3, -0.25) is 0 Å². The molecule has 0 aliphatic heterocycles. The molecular weight excluding hydrogens is 270 g/mol. The number of hydrogen-bond donors (Lipinski definition) is 0. The lowest BCUT2D eigenvalue weighted by molar-refractivity contribution is 0.672. The van der Waals surface area contributed by atoms with Crippen LogP contribution in [-0.2, 0) is 0 Å². The molecule has 0 N–H and O–H groups in total. The number of nitrogens with zero attached hydrogens (tertiary/aromatic N) is 1. The zero-order valence-corrected chi connectivity index (χ0v) is 11.4. The molecule has 0 atom stereocenters. The Morgan fingerprint density at radius 1 is 1.33 bits per heavy atom. The van der Waals surface area contributed by atoms with E-state index >= 15 is 0 Å². The largest absolute Gasteiger partial charge is 0.197 e. The highest BCUT2D eigenvalue weighted by Gasteiger charge is 2.27. The lowest BCUT2D eigenvalue weighted by Crippen LogP contribution is -2.19. The molecule has 1 nitrogen and oxygen atoms in total. The summed E-state index contributed by atoms with van der Waals surface area (Å²) in [4.78, 5) is 1.14. The first-order chi connectivity index (χ1) is 7.17. The molecule has 80 valence electrons. The molecule has 0 aliphatic carbocycles. The van der Waals surface area contributed by atoms with Gasteiger partial charge >= 0.3 is 0 Å². The fourth-order valence-electron chi connectivity index (χ4n) is 1.31. The highest BCUT2D eigenvalue weighted by atomic mass is 79.9. The van der Waals surface area contributed by atoms with E-state index in [0.717, 1.165) is 22.2 Å². The van der Waals surface area contributed by atoms with Crippen molar-refractivity contribution in [3.05, 3.63) is 28.7 Å². The third-order valence-electron chi connectivity index (χ3n) is 2.49. The summed E-state index contributed by atoms with van der Waals surface area (Å²) in [6.45, 7) is 4.13. The minimum absolute atomic E-state index is 0.288. The Labute approximate surface area is 104 Å². The van der Waals surface area contributed by atoms with Crippen molar-refractivity contribution < 1.29 is 0 Å². The van der Waals surface area contributed by atoms with Crippen molar-refractivity contribution in [3.8, 4) is 6.07 Å². The van der Waals surface area contributed by atoms with Crippen LogP contribution in [0.1, 0.15) is 26.7 Å². The van der Waals surface area contributed by atoms with E-state index < -0.39 is 0 Å². The van der Waals surface area contributed by atoms with Gasteiger partial charge in [0.25, 0.3) is 0 Å². The average Bonchev–Trinajstić information content (AvgIpc) is 2.29. The summed E-state index contributed by atoms with van der Waals surface area (Å²) in [5, 5.41) is 9.24. The maximum Gasteiger partial charge on any atom is 0.107 e. The molecule has 0 saturated carbocycles. The van der Waals surface area contributed by atoms with Crippen LogP contribution in [-0.4, -0.2) is 4.75 Å². The van der Waals surface area contributed by atoms with Crippen LogP contribution in [0.2, 0.25) is 0 Å². The van der Waals surface area contributed by atoms with E-state index in [4.69, 9.17) is 0 Å². The van der Waals surface area contributed by atoms with Gasteiger partial charge in [0, 0.05) is 9.37 Å². The molecule has 0 unspecified atom stereocenters. The van der Waals surface area contributed by atoms with E-state index in [0.29, 0.717) is 0 Å².